The van der Waals surface area contributed by atoms with E-state index in [1.165, 1.54) is 0 Å². The molecule has 1 aliphatic rings. The van der Waals surface area contributed by atoms with Gasteiger partial charge in [-0.2, -0.15) is 5.26 Å². The molecule has 2 rings (SSSR count). The molecule has 0 radical (unpaired) electrons. The molecule has 1 saturated carbocycles. The van der Waals surface area contributed by atoms with Crippen molar-refractivity contribution in [2.45, 2.75) is 18.8 Å². The number of benzene rings is 1. The second-order valence-corrected chi connectivity index (χ2v) is 4.61. The van der Waals surface area contributed by atoms with Crippen LogP contribution in [0.25, 0.3) is 0 Å². The summed E-state index contributed by atoms with van der Waals surface area (Å²) in [5.41, 5.74) is 0.789. The van der Waals surface area contributed by atoms with E-state index < -0.39 is 5.92 Å². The van der Waals surface area contributed by atoms with Gasteiger partial charge in [0, 0.05) is 10.4 Å². The maximum absolute atomic E-state index is 11.8. The Morgan fingerprint density at radius 3 is 2.67 bits per heavy atom. The number of hydrogen-bond donors (Lipinski definition) is 0. The van der Waals surface area contributed by atoms with Crippen LogP contribution in [0.15, 0.2) is 28.7 Å². The molecule has 0 amide bonds. The number of carbonyl (C=O) groups excluding carboxylic acids is 1. The number of carbonyl (C=O) groups is 1. The van der Waals surface area contributed by atoms with Crippen LogP contribution >= 0.6 is 15.9 Å². The number of halogens is 1. The zero-order chi connectivity index (χ0) is 10.8. The van der Waals surface area contributed by atoms with Crippen molar-refractivity contribution in [3.8, 4) is 6.07 Å². The average Bonchev–Trinajstić information content (AvgIpc) is 3.05. The highest BCUT2D eigenvalue weighted by atomic mass is 79.9. The molecule has 1 fully saturated rings. The van der Waals surface area contributed by atoms with Crippen LogP contribution in [0.4, 0.5) is 0 Å². The first kappa shape index (κ1) is 10.4. The molecule has 76 valence electrons. The molecule has 3 heteroatoms. The molecule has 1 aromatic rings. The summed E-state index contributed by atoms with van der Waals surface area (Å²) >= 11 is 3.37. The summed E-state index contributed by atoms with van der Waals surface area (Å²) in [5, 5.41) is 9.06. The average molecular weight is 264 g/mol. The van der Waals surface area contributed by atoms with E-state index in [9.17, 15) is 4.79 Å². The Balaban J connectivity index is 2.31. The monoisotopic (exact) mass is 263 g/mol. The molecule has 1 aromatic carbocycles. The lowest BCUT2D eigenvalue weighted by atomic mass is 9.94. The largest absolute Gasteiger partial charge is 0.298 e. The van der Waals surface area contributed by atoms with E-state index in [1.807, 2.05) is 24.3 Å². The van der Waals surface area contributed by atoms with Gasteiger partial charge in [0.15, 0.2) is 5.78 Å². The third-order valence-corrected chi connectivity index (χ3v) is 3.33. The predicted molar refractivity (Wildman–Crippen MR) is 60.2 cm³/mol. The third kappa shape index (κ3) is 2.10. The molecule has 0 aliphatic heterocycles. The Kier molecular flexibility index (Phi) is 2.88. The lowest BCUT2D eigenvalue weighted by molar-refractivity contribution is -0.120. The number of rotatable bonds is 3. The smallest absolute Gasteiger partial charge is 0.157 e. The summed E-state index contributed by atoms with van der Waals surface area (Å²) in [6.45, 7) is 0. The number of ketones is 1. The van der Waals surface area contributed by atoms with Gasteiger partial charge in [-0.3, -0.25) is 4.79 Å². The summed E-state index contributed by atoms with van der Waals surface area (Å²) < 4.78 is 0.838. The fourth-order valence-electron chi connectivity index (χ4n) is 1.60. The van der Waals surface area contributed by atoms with Gasteiger partial charge in [-0.1, -0.05) is 34.1 Å². The summed E-state index contributed by atoms with van der Waals surface area (Å²) in [6, 6.07) is 9.52. The van der Waals surface area contributed by atoms with Crippen LogP contribution in [0, 0.1) is 17.2 Å². The highest BCUT2D eigenvalue weighted by molar-refractivity contribution is 9.10. The van der Waals surface area contributed by atoms with E-state index in [4.69, 9.17) is 5.26 Å². The van der Waals surface area contributed by atoms with Gasteiger partial charge in [-0.15, -0.1) is 0 Å². The lowest BCUT2D eigenvalue weighted by Gasteiger charge is -2.09. The van der Waals surface area contributed by atoms with Gasteiger partial charge >= 0.3 is 0 Å². The van der Waals surface area contributed by atoms with Gasteiger partial charge in [0.1, 0.15) is 5.92 Å². The Morgan fingerprint density at radius 1 is 1.47 bits per heavy atom. The number of nitrogens with zero attached hydrogens (tertiary/aromatic N) is 1. The van der Waals surface area contributed by atoms with Crippen molar-refractivity contribution < 1.29 is 4.79 Å². The number of Topliss-reactive ketones (excluding diaryl/α,β-unsaturated/α-hetero) is 1. The highest BCUT2D eigenvalue weighted by Crippen LogP contribution is 2.36. The highest BCUT2D eigenvalue weighted by Gasteiger charge is 2.36. The Bertz CT molecular complexity index is 431. The van der Waals surface area contributed by atoms with Crippen LogP contribution in [-0.2, 0) is 4.79 Å². The molecule has 0 spiro atoms. The SMILES string of the molecule is N#C[C@@H](C(=O)C1CC1)c1ccccc1Br. The molecule has 0 bridgehead atoms. The number of hydrogen-bond acceptors (Lipinski definition) is 2. The van der Waals surface area contributed by atoms with Crippen LogP contribution < -0.4 is 0 Å². The Hall–Kier alpha value is -1.14. The van der Waals surface area contributed by atoms with Crippen LogP contribution in [-0.4, -0.2) is 5.78 Å². The minimum absolute atomic E-state index is 0.0735. The van der Waals surface area contributed by atoms with Gasteiger partial charge in [-0.05, 0) is 24.5 Å². The van der Waals surface area contributed by atoms with Crippen molar-refractivity contribution in [3.63, 3.8) is 0 Å². The quantitative estimate of drug-likeness (QED) is 0.841. The lowest BCUT2D eigenvalue weighted by Crippen LogP contribution is -2.13. The zero-order valence-corrected chi connectivity index (χ0v) is 9.70. The molecule has 0 unspecified atom stereocenters. The van der Waals surface area contributed by atoms with Gasteiger partial charge in [0.05, 0.1) is 6.07 Å². The first-order valence-corrected chi connectivity index (χ1v) is 5.71. The molecular weight excluding hydrogens is 254 g/mol. The van der Waals surface area contributed by atoms with E-state index in [0.717, 1.165) is 22.9 Å². The predicted octanol–water partition coefficient (Wildman–Crippen LogP) is 3.04. The van der Waals surface area contributed by atoms with Crippen molar-refractivity contribution in [2.24, 2.45) is 5.92 Å². The molecule has 2 nitrogen and oxygen atoms in total. The molecule has 15 heavy (non-hydrogen) atoms. The maximum atomic E-state index is 11.8. The van der Waals surface area contributed by atoms with Gasteiger partial charge in [0.2, 0.25) is 0 Å². The van der Waals surface area contributed by atoms with E-state index >= 15 is 0 Å². The molecule has 0 saturated heterocycles. The van der Waals surface area contributed by atoms with Crippen molar-refractivity contribution in [2.75, 3.05) is 0 Å². The summed E-state index contributed by atoms with van der Waals surface area (Å²) in [6.07, 6.45) is 1.89. The Labute approximate surface area is 97.0 Å². The zero-order valence-electron chi connectivity index (χ0n) is 8.11. The van der Waals surface area contributed by atoms with Crippen molar-refractivity contribution in [1.29, 1.82) is 5.26 Å². The maximum Gasteiger partial charge on any atom is 0.157 e. The molecule has 1 atom stereocenters. The van der Waals surface area contributed by atoms with Gasteiger partial charge < -0.3 is 0 Å². The molecule has 0 aromatic heterocycles. The second-order valence-electron chi connectivity index (χ2n) is 3.76. The first-order chi connectivity index (χ1) is 7.24. The topological polar surface area (TPSA) is 40.9 Å². The van der Waals surface area contributed by atoms with E-state index in [0.29, 0.717) is 0 Å². The van der Waals surface area contributed by atoms with E-state index in [2.05, 4.69) is 22.0 Å². The van der Waals surface area contributed by atoms with E-state index in [1.54, 1.807) is 0 Å². The number of nitriles is 1. The first-order valence-electron chi connectivity index (χ1n) is 4.92. The Morgan fingerprint density at radius 2 is 2.13 bits per heavy atom. The van der Waals surface area contributed by atoms with Crippen LogP contribution in [0.3, 0.4) is 0 Å². The van der Waals surface area contributed by atoms with E-state index in [-0.39, 0.29) is 11.7 Å². The van der Waals surface area contributed by atoms with Crippen molar-refractivity contribution >= 4 is 21.7 Å². The van der Waals surface area contributed by atoms with Crippen LogP contribution in [0.5, 0.6) is 0 Å². The van der Waals surface area contributed by atoms with Crippen LogP contribution in [0.1, 0.15) is 24.3 Å². The summed E-state index contributed by atoms with van der Waals surface area (Å²) in [7, 11) is 0. The van der Waals surface area contributed by atoms with Gasteiger partial charge in [-0.25, -0.2) is 0 Å². The molecule has 0 N–H and O–H groups in total. The second kappa shape index (κ2) is 4.16. The fraction of sp³-hybridized carbons (Fsp3) is 0.333. The summed E-state index contributed by atoms with van der Waals surface area (Å²) in [5.74, 6) is -0.403. The molecular formula is C12H10BrNO. The van der Waals surface area contributed by atoms with Gasteiger partial charge in [0.25, 0.3) is 0 Å². The van der Waals surface area contributed by atoms with Crippen LogP contribution in [0.2, 0.25) is 0 Å². The normalized spacial score (nSPS) is 16.8. The minimum Gasteiger partial charge on any atom is -0.298 e. The standard InChI is InChI=1S/C12H10BrNO/c13-11-4-2-1-3-9(11)10(7-14)12(15)8-5-6-8/h1-4,8,10H,5-6H2/t10-/m1/s1. The van der Waals surface area contributed by atoms with Crippen molar-refractivity contribution in [1.82, 2.24) is 0 Å². The summed E-state index contributed by atoms with van der Waals surface area (Å²) in [4.78, 5) is 11.8. The third-order valence-electron chi connectivity index (χ3n) is 2.61. The minimum atomic E-state index is -0.604. The molecule has 0 heterocycles. The van der Waals surface area contributed by atoms with Crippen molar-refractivity contribution in [3.05, 3.63) is 34.3 Å². The fourth-order valence-corrected chi connectivity index (χ4v) is 2.11. The molecule has 1 aliphatic carbocycles.